The lowest BCUT2D eigenvalue weighted by atomic mass is 10.1. The Kier molecular flexibility index (Phi) is 4.84. The van der Waals surface area contributed by atoms with Crippen LogP contribution in [0.5, 0.6) is 0 Å². The first-order valence-electron chi connectivity index (χ1n) is 6.49. The highest BCUT2D eigenvalue weighted by Crippen LogP contribution is 2.16. The first-order chi connectivity index (χ1) is 8.29. The Bertz CT molecular complexity index is 335. The smallest absolute Gasteiger partial charge is 0.0406 e. The van der Waals surface area contributed by atoms with Crippen LogP contribution in [0.2, 0.25) is 5.02 Å². The van der Waals surface area contributed by atoms with Crippen LogP contribution in [0.1, 0.15) is 25.3 Å². The minimum Gasteiger partial charge on any atom is -0.314 e. The van der Waals surface area contributed by atoms with Crippen LogP contribution >= 0.6 is 11.6 Å². The Balaban J connectivity index is 1.97. The molecule has 0 radical (unpaired) electrons. The lowest BCUT2D eigenvalue weighted by molar-refractivity contribution is 0.144. The second kappa shape index (κ2) is 6.39. The van der Waals surface area contributed by atoms with Gasteiger partial charge in [-0.1, -0.05) is 37.1 Å². The number of nitrogens with one attached hydrogen (secondary N) is 1. The number of halogens is 1. The molecule has 17 heavy (non-hydrogen) atoms. The van der Waals surface area contributed by atoms with E-state index >= 15 is 0 Å². The molecule has 1 heterocycles. The molecule has 94 valence electrons. The molecule has 2 rings (SSSR count). The molecule has 1 fully saturated rings. The summed E-state index contributed by atoms with van der Waals surface area (Å²) >= 11 is 5.91. The van der Waals surface area contributed by atoms with Gasteiger partial charge in [0.1, 0.15) is 0 Å². The van der Waals surface area contributed by atoms with Crippen LogP contribution in [0.25, 0.3) is 0 Å². The van der Waals surface area contributed by atoms with Gasteiger partial charge in [0.15, 0.2) is 0 Å². The van der Waals surface area contributed by atoms with Crippen molar-refractivity contribution >= 4 is 11.6 Å². The van der Waals surface area contributed by atoms with Gasteiger partial charge in [0.05, 0.1) is 0 Å². The van der Waals surface area contributed by atoms with Gasteiger partial charge in [-0.3, -0.25) is 4.90 Å². The summed E-state index contributed by atoms with van der Waals surface area (Å²) in [7, 11) is 0. The van der Waals surface area contributed by atoms with Gasteiger partial charge in [0.25, 0.3) is 0 Å². The number of nitrogens with zero attached hydrogens (tertiary/aromatic N) is 1. The maximum atomic E-state index is 5.91. The molecule has 0 aliphatic carbocycles. The Hall–Kier alpha value is -0.570. The molecule has 1 N–H and O–H groups in total. The minimum atomic E-state index is 0.685. The predicted octanol–water partition coefficient (Wildman–Crippen LogP) is 2.91. The summed E-state index contributed by atoms with van der Waals surface area (Å²) in [4.78, 5) is 2.59. The maximum Gasteiger partial charge on any atom is 0.0406 e. The van der Waals surface area contributed by atoms with Gasteiger partial charge in [-0.15, -0.1) is 0 Å². The highest BCUT2D eigenvalue weighted by atomic mass is 35.5. The average molecular weight is 253 g/mol. The molecule has 0 bridgehead atoms. The molecule has 1 aliphatic heterocycles. The standard InChI is InChI=1S/C14H21ClN2/c1-2-3-14-10-16-8-9-17(14)11-12-4-6-13(15)7-5-12/h4-7,14,16H,2-3,8-11H2,1H3. The van der Waals surface area contributed by atoms with Crippen molar-refractivity contribution in [1.29, 1.82) is 0 Å². The summed E-state index contributed by atoms with van der Waals surface area (Å²) in [6.45, 7) is 6.68. The van der Waals surface area contributed by atoms with Crippen LogP contribution in [0, 0.1) is 0 Å². The van der Waals surface area contributed by atoms with Crippen molar-refractivity contribution < 1.29 is 0 Å². The molecule has 1 atom stereocenters. The van der Waals surface area contributed by atoms with E-state index in [9.17, 15) is 0 Å². The van der Waals surface area contributed by atoms with E-state index in [0.29, 0.717) is 6.04 Å². The van der Waals surface area contributed by atoms with Gasteiger partial charge in [-0.05, 0) is 24.1 Å². The number of hydrogen-bond donors (Lipinski definition) is 1. The van der Waals surface area contributed by atoms with Crippen molar-refractivity contribution in [1.82, 2.24) is 10.2 Å². The number of benzene rings is 1. The van der Waals surface area contributed by atoms with E-state index in [0.717, 1.165) is 31.2 Å². The van der Waals surface area contributed by atoms with Gasteiger partial charge < -0.3 is 5.32 Å². The molecule has 0 spiro atoms. The SMILES string of the molecule is CCCC1CNCCN1Cc1ccc(Cl)cc1. The Morgan fingerprint density at radius 2 is 2.12 bits per heavy atom. The van der Waals surface area contributed by atoms with Crippen LogP contribution in [0.4, 0.5) is 0 Å². The van der Waals surface area contributed by atoms with Crippen LogP contribution in [0.15, 0.2) is 24.3 Å². The summed E-state index contributed by atoms with van der Waals surface area (Å²) in [5, 5.41) is 4.30. The summed E-state index contributed by atoms with van der Waals surface area (Å²) in [5.41, 5.74) is 1.36. The third kappa shape index (κ3) is 3.70. The number of hydrogen-bond acceptors (Lipinski definition) is 2. The summed E-state index contributed by atoms with van der Waals surface area (Å²) in [6, 6.07) is 8.91. The van der Waals surface area contributed by atoms with Crippen LogP contribution < -0.4 is 5.32 Å². The fourth-order valence-electron chi connectivity index (χ4n) is 2.45. The topological polar surface area (TPSA) is 15.3 Å². The van der Waals surface area contributed by atoms with E-state index in [1.54, 1.807) is 0 Å². The largest absolute Gasteiger partial charge is 0.314 e. The monoisotopic (exact) mass is 252 g/mol. The average Bonchev–Trinajstić information content (AvgIpc) is 2.35. The van der Waals surface area contributed by atoms with E-state index in [-0.39, 0.29) is 0 Å². The van der Waals surface area contributed by atoms with Gasteiger partial charge >= 0.3 is 0 Å². The molecule has 1 saturated heterocycles. The van der Waals surface area contributed by atoms with E-state index in [4.69, 9.17) is 11.6 Å². The van der Waals surface area contributed by atoms with E-state index < -0.39 is 0 Å². The second-order valence-corrected chi connectivity index (χ2v) is 5.18. The second-order valence-electron chi connectivity index (χ2n) is 4.74. The molecule has 0 amide bonds. The third-order valence-electron chi connectivity index (χ3n) is 3.39. The van der Waals surface area contributed by atoms with Crippen molar-refractivity contribution in [2.45, 2.75) is 32.4 Å². The third-order valence-corrected chi connectivity index (χ3v) is 3.64. The fraction of sp³-hybridized carbons (Fsp3) is 0.571. The van der Waals surface area contributed by atoms with Crippen molar-refractivity contribution in [3.63, 3.8) is 0 Å². The zero-order valence-corrected chi connectivity index (χ0v) is 11.2. The van der Waals surface area contributed by atoms with Gasteiger partial charge in [0, 0.05) is 37.2 Å². The van der Waals surface area contributed by atoms with Crippen LogP contribution in [-0.2, 0) is 6.54 Å². The van der Waals surface area contributed by atoms with E-state index in [1.807, 2.05) is 12.1 Å². The van der Waals surface area contributed by atoms with Crippen molar-refractivity contribution in [2.24, 2.45) is 0 Å². The molecule has 1 aromatic rings. The Labute approximate surface area is 109 Å². The fourth-order valence-corrected chi connectivity index (χ4v) is 2.58. The minimum absolute atomic E-state index is 0.685. The van der Waals surface area contributed by atoms with Crippen LogP contribution in [0.3, 0.4) is 0 Å². The van der Waals surface area contributed by atoms with Gasteiger partial charge in [-0.2, -0.15) is 0 Å². The van der Waals surface area contributed by atoms with E-state index in [2.05, 4.69) is 29.3 Å². The van der Waals surface area contributed by atoms with Gasteiger partial charge in [0.2, 0.25) is 0 Å². The summed E-state index contributed by atoms with van der Waals surface area (Å²) in [5.74, 6) is 0. The highest BCUT2D eigenvalue weighted by molar-refractivity contribution is 6.30. The van der Waals surface area contributed by atoms with Crippen molar-refractivity contribution in [3.8, 4) is 0 Å². The maximum absolute atomic E-state index is 5.91. The van der Waals surface area contributed by atoms with Crippen LogP contribution in [-0.4, -0.2) is 30.6 Å². The molecule has 0 aromatic heterocycles. The quantitative estimate of drug-likeness (QED) is 0.887. The van der Waals surface area contributed by atoms with Gasteiger partial charge in [-0.25, -0.2) is 0 Å². The molecular formula is C14H21ClN2. The Morgan fingerprint density at radius 1 is 1.35 bits per heavy atom. The highest BCUT2D eigenvalue weighted by Gasteiger charge is 2.20. The first-order valence-corrected chi connectivity index (χ1v) is 6.86. The number of piperazine rings is 1. The molecule has 0 saturated carbocycles. The Morgan fingerprint density at radius 3 is 2.82 bits per heavy atom. The first kappa shape index (κ1) is 12.9. The molecule has 1 unspecified atom stereocenters. The normalized spacial score (nSPS) is 21.6. The summed E-state index contributed by atoms with van der Waals surface area (Å²) in [6.07, 6.45) is 2.53. The number of rotatable bonds is 4. The molecular weight excluding hydrogens is 232 g/mol. The predicted molar refractivity (Wildman–Crippen MR) is 73.4 cm³/mol. The molecule has 1 aromatic carbocycles. The van der Waals surface area contributed by atoms with Crippen molar-refractivity contribution in [3.05, 3.63) is 34.9 Å². The summed E-state index contributed by atoms with van der Waals surface area (Å²) < 4.78 is 0. The molecule has 2 nitrogen and oxygen atoms in total. The lowest BCUT2D eigenvalue weighted by Crippen LogP contribution is -2.50. The zero-order valence-electron chi connectivity index (χ0n) is 10.5. The zero-order chi connectivity index (χ0) is 12.1. The van der Waals surface area contributed by atoms with E-state index in [1.165, 1.54) is 18.4 Å². The molecule has 3 heteroatoms. The van der Waals surface area contributed by atoms with Crippen molar-refractivity contribution in [2.75, 3.05) is 19.6 Å². The molecule has 1 aliphatic rings. The lowest BCUT2D eigenvalue weighted by Gasteiger charge is -2.36.